The Labute approximate surface area is 98.4 Å². The van der Waals surface area contributed by atoms with Crippen LogP contribution in [0.5, 0.6) is 0 Å². The fourth-order valence-corrected chi connectivity index (χ4v) is 2.40. The van der Waals surface area contributed by atoms with Gasteiger partial charge >= 0.3 is 0 Å². The molecule has 1 aliphatic carbocycles. The van der Waals surface area contributed by atoms with E-state index in [4.69, 9.17) is 5.73 Å². The molecule has 0 saturated heterocycles. The zero-order valence-corrected chi connectivity index (χ0v) is 10.7. The number of hydrogen-bond acceptors (Lipinski definition) is 1. The minimum Gasteiger partial charge on any atom is -0.399 e. The number of allylic oxidation sites excluding steroid dienone is 1. The molecule has 0 aromatic heterocycles. The van der Waals surface area contributed by atoms with Crippen molar-refractivity contribution in [3.63, 3.8) is 0 Å². The van der Waals surface area contributed by atoms with Crippen molar-refractivity contribution in [2.75, 3.05) is 5.73 Å². The largest absolute Gasteiger partial charge is 0.399 e. The minimum absolute atomic E-state index is 0.157. The summed E-state index contributed by atoms with van der Waals surface area (Å²) >= 11 is 0. The van der Waals surface area contributed by atoms with Gasteiger partial charge in [0.25, 0.3) is 0 Å². The molecule has 1 aromatic rings. The van der Waals surface area contributed by atoms with Crippen LogP contribution in [0.3, 0.4) is 0 Å². The molecule has 1 aliphatic rings. The van der Waals surface area contributed by atoms with Crippen molar-refractivity contribution < 1.29 is 0 Å². The van der Waals surface area contributed by atoms with E-state index in [1.807, 2.05) is 0 Å². The summed E-state index contributed by atoms with van der Waals surface area (Å²) in [6.45, 7) is 8.98. The topological polar surface area (TPSA) is 26.0 Å². The van der Waals surface area contributed by atoms with Gasteiger partial charge in [0.05, 0.1) is 0 Å². The zero-order chi connectivity index (χ0) is 11.9. The highest BCUT2D eigenvalue weighted by Gasteiger charge is 2.22. The van der Waals surface area contributed by atoms with E-state index < -0.39 is 0 Å². The average Bonchev–Trinajstić information content (AvgIpc) is 2.14. The summed E-state index contributed by atoms with van der Waals surface area (Å²) in [6, 6.07) is 4.25. The van der Waals surface area contributed by atoms with Crippen molar-refractivity contribution in [3.8, 4) is 0 Å². The highest BCUT2D eigenvalue weighted by Crippen LogP contribution is 2.34. The van der Waals surface area contributed by atoms with Gasteiger partial charge < -0.3 is 5.73 Å². The second kappa shape index (κ2) is 3.65. The molecule has 0 amide bonds. The first kappa shape index (κ1) is 11.3. The molecular weight excluding hydrogens is 194 g/mol. The van der Waals surface area contributed by atoms with Gasteiger partial charge in [-0.25, -0.2) is 0 Å². The first-order chi connectivity index (χ1) is 7.38. The fourth-order valence-electron chi connectivity index (χ4n) is 2.40. The Bertz CT molecular complexity index is 435. The number of nitrogen functional groups attached to an aromatic ring is 1. The maximum absolute atomic E-state index is 6.00. The Hall–Kier alpha value is -1.24. The molecule has 2 N–H and O–H groups in total. The third-order valence-electron chi connectivity index (χ3n) is 3.23. The second-order valence-electron chi connectivity index (χ2n) is 5.93. The van der Waals surface area contributed by atoms with Crippen LogP contribution in [0.4, 0.5) is 5.69 Å². The summed E-state index contributed by atoms with van der Waals surface area (Å²) in [6.07, 6.45) is 5.68. The van der Waals surface area contributed by atoms with Crippen molar-refractivity contribution in [1.82, 2.24) is 0 Å². The highest BCUT2D eigenvalue weighted by molar-refractivity contribution is 5.66. The van der Waals surface area contributed by atoms with Crippen LogP contribution in [0.1, 0.15) is 44.4 Å². The van der Waals surface area contributed by atoms with E-state index in [9.17, 15) is 0 Å². The molecule has 2 rings (SSSR count). The Morgan fingerprint density at radius 2 is 1.94 bits per heavy atom. The molecule has 1 unspecified atom stereocenters. The number of nitrogens with two attached hydrogens (primary N) is 1. The molecular formula is C15H21N. The van der Waals surface area contributed by atoms with Crippen LogP contribution in [0.2, 0.25) is 0 Å². The molecule has 0 heterocycles. The summed E-state index contributed by atoms with van der Waals surface area (Å²) in [5, 5.41) is 0. The number of hydrogen-bond donors (Lipinski definition) is 1. The van der Waals surface area contributed by atoms with Crippen LogP contribution < -0.4 is 5.73 Å². The van der Waals surface area contributed by atoms with Crippen LogP contribution in [-0.2, 0) is 11.8 Å². The van der Waals surface area contributed by atoms with E-state index in [1.54, 1.807) is 0 Å². The van der Waals surface area contributed by atoms with Crippen molar-refractivity contribution >= 4 is 11.8 Å². The van der Waals surface area contributed by atoms with Crippen LogP contribution in [0.15, 0.2) is 18.2 Å². The Morgan fingerprint density at radius 3 is 2.56 bits per heavy atom. The van der Waals surface area contributed by atoms with Crippen LogP contribution in [-0.4, -0.2) is 0 Å². The molecule has 0 saturated carbocycles. The lowest BCUT2D eigenvalue weighted by Gasteiger charge is -2.27. The lowest BCUT2D eigenvalue weighted by molar-refractivity contribution is 0.585. The van der Waals surface area contributed by atoms with Gasteiger partial charge in [0.1, 0.15) is 0 Å². The average molecular weight is 215 g/mol. The standard InChI is InChI=1S/C15H21N/c1-10-5-6-13-11(7-10)8-12(16)9-14(13)15(2,3)4/h5-6,8-10H,7,16H2,1-4H3. The molecule has 86 valence electrons. The van der Waals surface area contributed by atoms with Gasteiger partial charge in [0, 0.05) is 5.69 Å². The smallest absolute Gasteiger partial charge is 0.0320 e. The lowest BCUT2D eigenvalue weighted by Crippen LogP contribution is -2.17. The fraction of sp³-hybridized carbons (Fsp3) is 0.467. The maximum Gasteiger partial charge on any atom is 0.0320 e. The maximum atomic E-state index is 6.00. The van der Waals surface area contributed by atoms with Crippen molar-refractivity contribution in [2.45, 2.75) is 39.5 Å². The number of fused-ring (bicyclic) bond motifs is 1. The number of benzene rings is 1. The van der Waals surface area contributed by atoms with E-state index in [0.29, 0.717) is 5.92 Å². The van der Waals surface area contributed by atoms with Gasteiger partial charge in [0.15, 0.2) is 0 Å². The predicted octanol–water partition coefficient (Wildman–Crippen LogP) is 3.77. The number of rotatable bonds is 0. The van der Waals surface area contributed by atoms with Crippen molar-refractivity contribution in [2.24, 2.45) is 5.92 Å². The summed E-state index contributed by atoms with van der Waals surface area (Å²) < 4.78 is 0. The van der Waals surface area contributed by atoms with Crippen molar-refractivity contribution in [3.05, 3.63) is 34.9 Å². The summed E-state index contributed by atoms with van der Waals surface area (Å²) in [7, 11) is 0. The Balaban J connectivity index is 2.62. The predicted molar refractivity (Wildman–Crippen MR) is 71.5 cm³/mol. The molecule has 0 radical (unpaired) electrons. The Kier molecular flexibility index (Phi) is 2.57. The normalized spacial score (nSPS) is 19.6. The van der Waals surface area contributed by atoms with Crippen LogP contribution in [0, 0.1) is 5.92 Å². The van der Waals surface area contributed by atoms with E-state index >= 15 is 0 Å². The first-order valence-corrected chi connectivity index (χ1v) is 5.99. The molecule has 0 aliphatic heterocycles. The number of anilines is 1. The third kappa shape index (κ3) is 1.99. The molecule has 0 spiro atoms. The molecule has 16 heavy (non-hydrogen) atoms. The quantitative estimate of drug-likeness (QED) is 0.655. The van der Waals surface area contributed by atoms with Crippen LogP contribution in [0.25, 0.3) is 6.08 Å². The summed E-state index contributed by atoms with van der Waals surface area (Å²) in [4.78, 5) is 0. The molecule has 0 bridgehead atoms. The molecule has 1 heteroatoms. The second-order valence-corrected chi connectivity index (χ2v) is 5.93. The third-order valence-corrected chi connectivity index (χ3v) is 3.23. The van der Waals surface area contributed by atoms with Gasteiger partial charge in [-0.1, -0.05) is 39.8 Å². The molecule has 0 fully saturated rings. The van der Waals surface area contributed by atoms with Gasteiger partial charge in [-0.2, -0.15) is 0 Å². The van der Waals surface area contributed by atoms with Gasteiger partial charge in [0.2, 0.25) is 0 Å². The van der Waals surface area contributed by atoms with Crippen LogP contribution >= 0.6 is 0 Å². The van der Waals surface area contributed by atoms with Gasteiger partial charge in [-0.05, 0) is 46.6 Å². The lowest BCUT2D eigenvalue weighted by atomic mass is 9.78. The zero-order valence-electron chi connectivity index (χ0n) is 10.7. The minimum atomic E-state index is 0.157. The van der Waals surface area contributed by atoms with Gasteiger partial charge in [-0.3, -0.25) is 0 Å². The molecule has 1 aromatic carbocycles. The SMILES string of the molecule is CC1C=Cc2c(cc(N)cc2C(C)(C)C)C1. The van der Waals surface area contributed by atoms with E-state index in [2.05, 4.69) is 52.0 Å². The van der Waals surface area contributed by atoms with E-state index in [0.717, 1.165) is 12.1 Å². The van der Waals surface area contributed by atoms with Crippen molar-refractivity contribution in [1.29, 1.82) is 0 Å². The highest BCUT2D eigenvalue weighted by atomic mass is 14.5. The summed E-state index contributed by atoms with van der Waals surface area (Å²) in [5.74, 6) is 0.627. The van der Waals surface area contributed by atoms with Gasteiger partial charge in [-0.15, -0.1) is 0 Å². The first-order valence-electron chi connectivity index (χ1n) is 5.99. The monoisotopic (exact) mass is 215 g/mol. The van der Waals surface area contributed by atoms with E-state index in [1.165, 1.54) is 16.7 Å². The summed E-state index contributed by atoms with van der Waals surface area (Å²) in [5.41, 5.74) is 11.2. The van der Waals surface area contributed by atoms with E-state index in [-0.39, 0.29) is 5.41 Å². The Morgan fingerprint density at radius 1 is 1.25 bits per heavy atom. The molecule has 1 nitrogen and oxygen atoms in total. The molecule has 1 atom stereocenters.